The van der Waals surface area contributed by atoms with Crippen molar-refractivity contribution in [3.63, 3.8) is 0 Å². The van der Waals surface area contributed by atoms with Crippen LogP contribution in [0, 0.1) is 5.41 Å². The molecule has 0 saturated heterocycles. The molecular weight excluding hydrogens is 230 g/mol. The molecule has 0 heterocycles. The Labute approximate surface area is 111 Å². The van der Waals surface area contributed by atoms with Crippen LogP contribution in [0.4, 0.5) is 0 Å². The molecule has 0 rings (SSSR count). The maximum absolute atomic E-state index is 7.51. The molecule has 0 radical (unpaired) electrons. The second-order valence-corrected chi connectivity index (χ2v) is 4.30. The standard InChI is InChI=1S/C13H29N3O2/c1-3-9-17-11-5-7-16(13(14)15)8-6-12-18-10-4-2/h3-12H2,1-2H3,(H3,14,15). The zero-order valence-corrected chi connectivity index (χ0v) is 11.9. The van der Waals surface area contributed by atoms with E-state index in [2.05, 4.69) is 13.8 Å². The molecule has 0 fully saturated rings. The molecule has 108 valence electrons. The van der Waals surface area contributed by atoms with E-state index in [1.54, 1.807) is 0 Å². The van der Waals surface area contributed by atoms with E-state index in [1.807, 2.05) is 4.90 Å². The van der Waals surface area contributed by atoms with E-state index >= 15 is 0 Å². The molecule has 0 aliphatic rings. The summed E-state index contributed by atoms with van der Waals surface area (Å²) in [5, 5.41) is 7.51. The summed E-state index contributed by atoms with van der Waals surface area (Å²) < 4.78 is 10.8. The van der Waals surface area contributed by atoms with Gasteiger partial charge in [-0.2, -0.15) is 0 Å². The van der Waals surface area contributed by atoms with Crippen molar-refractivity contribution in [3.05, 3.63) is 0 Å². The van der Waals surface area contributed by atoms with E-state index in [0.717, 1.165) is 65.2 Å². The Hall–Kier alpha value is -0.810. The Morgan fingerprint density at radius 2 is 1.39 bits per heavy atom. The molecule has 0 unspecified atom stereocenters. The highest BCUT2D eigenvalue weighted by atomic mass is 16.5. The van der Waals surface area contributed by atoms with Crippen molar-refractivity contribution in [1.29, 1.82) is 5.41 Å². The van der Waals surface area contributed by atoms with Gasteiger partial charge in [0.2, 0.25) is 0 Å². The van der Waals surface area contributed by atoms with Crippen molar-refractivity contribution < 1.29 is 9.47 Å². The minimum atomic E-state index is 0.140. The smallest absolute Gasteiger partial charge is 0.188 e. The minimum absolute atomic E-state index is 0.140. The van der Waals surface area contributed by atoms with E-state index < -0.39 is 0 Å². The maximum atomic E-state index is 7.51. The Balaban J connectivity index is 3.56. The fourth-order valence-corrected chi connectivity index (χ4v) is 1.56. The van der Waals surface area contributed by atoms with Crippen molar-refractivity contribution in [3.8, 4) is 0 Å². The molecule has 0 spiro atoms. The van der Waals surface area contributed by atoms with Gasteiger partial charge >= 0.3 is 0 Å². The highest BCUT2D eigenvalue weighted by molar-refractivity contribution is 5.74. The normalized spacial score (nSPS) is 10.6. The summed E-state index contributed by atoms with van der Waals surface area (Å²) in [6, 6.07) is 0. The quantitative estimate of drug-likeness (QED) is 0.318. The average Bonchev–Trinajstić information content (AvgIpc) is 2.35. The van der Waals surface area contributed by atoms with Gasteiger partial charge in [0.1, 0.15) is 0 Å². The molecule has 0 bridgehead atoms. The SMILES string of the molecule is CCCOCCCN(CCCOCCC)C(=N)N. The molecule has 5 heteroatoms. The van der Waals surface area contributed by atoms with Crippen LogP contribution >= 0.6 is 0 Å². The average molecular weight is 259 g/mol. The third-order valence-electron chi connectivity index (χ3n) is 2.47. The molecule has 0 aromatic heterocycles. The molecule has 18 heavy (non-hydrogen) atoms. The topological polar surface area (TPSA) is 71.6 Å². The second kappa shape index (κ2) is 12.6. The molecule has 0 saturated carbocycles. The summed E-state index contributed by atoms with van der Waals surface area (Å²) in [7, 11) is 0. The zero-order chi connectivity index (χ0) is 13.6. The molecule has 0 amide bonds. The van der Waals surface area contributed by atoms with Crippen LogP contribution in [-0.2, 0) is 9.47 Å². The molecule has 5 nitrogen and oxygen atoms in total. The molecule has 0 atom stereocenters. The van der Waals surface area contributed by atoms with Crippen molar-refractivity contribution in [2.75, 3.05) is 39.5 Å². The first-order valence-electron chi connectivity index (χ1n) is 6.96. The molecule has 0 aromatic carbocycles. The lowest BCUT2D eigenvalue weighted by Crippen LogP contribution is -2.38. The van der Waals surface area contributed by atoms with E-state index in [0.29, 0.717) is 0 Å². The van der Waals surface area contributed by atoms with Crippen LogP contribution in [0.1, 0.15) is 39.5 Å². The largest absolute Gasteiger partial charge is 0.381 e. The first-order chi connectivity index (χ1) is 8.72. The van der Waals surface area contributed by atoms with Gasteiger partial charge in [-0.3, -0.25) is 5.41 Å². The fraction of sp³-hybridized carbons (Fsp3) is 0.923. The number of hydrogen-bond acceptors (Lipinski definition) is 3. The Morgan fingerprint density at radius 3 is 1.72 bits per heavy atom. The van der Waals surface area contributed by atoms with Crippen LogP contribution in [0.3, 0.4) is 0 Å². The summed E-state index contributed by atoms with van der Waals surface area (Å²) in [6.45, 7) is 8.86. The van der Waals surface area contributed by atoms with Gasteiger partial charge in [0.25, 0.3) is 0 Å². The first-order valence-corrected chi connectivity index (χ1v) is 6.96. The highest BCUT2D eigenvalue weighted by Gasteiger charge is 2.05. The number of guanidine groups is 1. The predicted octanol–water partition coefficient (Wildman–Crippen LogP) is 1.82. The maximum Gasteiger partial charge on any atom is 0.188 e. The third-order valence-corrected chi connectivity index (χ3v) is 2.47. The van der Waals surface area contributed by atoms with Crippen molar-refractivity contribution in [2.45, 2.75) is 39.5 Å². The van der Waals surface area contributed by atoms with Gasteiger partial charge in [-0.25, -0.2) is 0 Å². The predicted molar refractivity (Wildman–Crippen MR) is 74.9 cm³/mol. The molecule has 0 aliphatic heterocycles. The van der Waals surface area contributed by atoms with Gasteiger partial charge in [0, 0.05) is 39.5 Å². The van der Waals surface area contributed by atoms with Crippen LogP contribution in [0.25, 0.3) is 0 Å². The van der Waals surface area contributed by atoms with Crippen molar-refractivity contribution in [1.82, 2.24) is 4.90 Å². The lowest BCUT2D eigenvalue weighted by atomic mass is 10.3. The fourth-order valence-electron chi connectivity index (χ4n) is 1.56. The van der Waals surface area contributed by atoms with E-state index in [1.165, 1.54) is 0 Å². The van der Waals surface area contributed by atoms with Gasteiger partial charge in [-0.05, 0) is 25.7 Å². The Morgan fingerprint density at radius 1 is 0.944 bits per heavy atom. The summed E-state index contributed by atoms with van der Waals surface area (Å²) in [5.41, 5.74) is 5.55. The Bertz CT molecular complexity index is 187. The van der Waals surface area contributed by atoms with Gasteiger partial charge in [0.15, 0.2) is 5.96 Å². The van der Waals surface area contributed by atoms with Crippen LogP contribution < -0.4 is 5.73 Å². The second-order valence-electron chi connectivity index (χ2n) is 4.30. The number of nitrogens with two attached hydrogens (primary N) is 1. The van der Waals surface area contributed by atoms with Gasteiger partial charge in [-0.15, -0.1) is 0 Å². The molecule has 3 N–H and O–H groups in total. The van der Waals surface area contributed by atoms with Gasteiger partial charge < -0.3 is 20.1 Å². The summed E-state index contributed by atoms with van der Waals surface area (Å²) in [6.07, 6.45) is 3.92. The monoisotopic (exact) mass is 259 g/mol. The third kappa shape index (κ3) is 10.4. The van der Waals surface area contributed by atoms with Crippen LogP contribution in [-0.4, -0.2) is 50.4 Å². The summed E-state index contributed by atoms with van der Waals surface area (Å²) >= 11 is 0. The summed E-state index contributed by atoms with van der Waals surface area (Å²) in [5.74, 6) is 0.140. The first kappa shape index (κ1) is 17.2. The lowest BCUT2D eigenvalue weighted by molar-refractivity contribution is 0.119. The summed E-state index contributed by atoms with van der Waals surface area (Å²) in [4.78, 5) is 1.88. The number of rotatable bonds is 12. The number of hydrogen-bond donors (Lipinski definition) is 2. The molecule has 0 aromatic rings. The van der Waals surface area contributed by atoms with E-state index in [-0.39, 0.29) is 5.96 Å². The van der Waals surface area contributed by atoms with Crippen molar-refractivity contribution >= 4 is 5.96 Å². The van der Waals surface area contributed by atoms with Gasteiger partial charge in [0.05, 0.1) is 0 Å². The lowest BCUT2D eigenvalue weighted by Gasteiger charge is -2.22. The van der Waals surface area contributed by atoms with Crippen LogP contribution in [0.15, 0.2) is 0 Å². The molecule has 0 aliphatic carbocycles. The molecular formula is C13H29N3O2. The Kier molecular flexibility index (Phi) is 12.1. The number of ether oxygens (including phenoxy) is 2. The van der Waals surface area contributed by atoms with Gasteiger partial charge in [-0.1, -0.05) is 13.8 Å². The van der Waals surface area contributed by atoms with E-state index in [9.17, 15) is 0 Å². The minimum Gasteiger partial charge on any atom is -0.381 e. The van der Waals surface area contributed by atoms with Crippen LogP contribution in [0.5, 0.6) is 0 Å². The van der Waals surface area contributed by atoms with E-state index in [4.69, 9.17) is 20.6 Å². The zero-order valence-electron chi connectivity index (χ0n) is 11.9. The van der Waals surface area contributed by atoms with Crippen molar-refractivity contribution in [2.24, 2.45) is 5.73 Å². The highest BCUT2D eigenvalue weighted by Crippen LogP contribution is 1.96. The number of nitrogens with zero attached hydrogens (tertiary/aromatic N) is 1. The number of nitrogens with one attached hydrogen (secondary N) is 1. The van der Waals surface area contributed by atoms with Crippen LogP contribution in [0.2, 0.25) is 0 Å².